The minimum absolute atomic E-state index is 0.395. The summed E-state index contributed by atoms with van der Waals surface area (Å²) in [5.41, 5.74) is 8.37. The fraction of sp³-hybridized carbons (Fsp3) is 0. The number of carbonyl (C=O) groups is 2. The topological polar surface area (TPSA) is 76.0 Å². The van der Waals surface area contributed by atoms with Gasteiger partial charge in [0.25, 0.3) is 11.8 Å². The van der Waals surface area contributed by atoms with Gasteiger partial charge in [-0.3, -0.25) is 25.0 Å². The molecule has 0 aliphatic carbocycles. The molecule has 2 amide bonds. The van der Waals surface area contributed by atoms with E-state index in [2.05, 4.69) is 15.8 Å². The van der Waals surface area contributed by atoms with Crippen molar-refractivity contribution in [2.75, 3.05) is 0 Å². The number of hydrogen-bond donors (Lipinski definition) is 2. The monoisotopic (exact) mass is 390 g/mol. The van der Waals surface area contributed by atoms with E-state index >= 15 is 0 Å². The molecule has 2 N–H and O–H groups in total. The van der Waals surface area contributed by atoms with Gasteiger partial charge in [0.05, 0.1) is 11.0 Å². The summed E-state index contributed by atoms with van der Waals surface area (Å²) in [6, 6.07) is 21.2. The minimum atomic E-state index is -0.425. The summed E-state index contributed by atoms with van der Waals surface area (Å²) < 4.78 is 1.94. The maximum Gasteiger partial charge on any atom is 0.269 e. The molecule has 4 aromatic rings. The molecule has 7 heteroatoms. The van der Waals surface area contributed by atoms with Crippen LogP contribution in [0, 0.1) is 0 Å². The molecule has 1 aromatic heterocycles. The molecule has 0 saturated carbocycles. The molecule has 0 unspecified atom stereocenters. The quantitative estimate of drug-likeness (QED) is 0.523. The van der Waals surface area contributed by atoms with E-state index in [1.54, 1.807) is 42.7 Å². The van der Waals surface area contributed by atoms with Crippen molar-refractivity contribution in [1.29, 1.82) is 0 Å². The third-order valence-electron chi connectivity index (χ3n) is 4.26. The standard InChI is InChI=1S/C21H15ClN4O2/c22-16-9-5-14(6-10-16)20(27)24-25-21(28)15-7-11-17(12-8-15)26-13-23-18-3-1-2-4-19(18)26/h1-13H,(H,24,27)(H,25,28). The maximum absolute atomic E-state index is 12.3. The highest BCUT2D eigenvalue weighted by molar-refractivity contribution is 6.30. The van der Waals surface area contributed by atoms with E-state index in [-0.39, 0.29) is 0 Å². The summed E-state index contributed by atoms with van der Waals surface area (Å²) in [5, 5.41) is 0.534. The third kappa shape index (κ3) is 3.58. The van der Waals surface area contributed by atoms with Gasteiger partial charge in [0.15, 0.2) is 0 Å². The fourth-order valence-corrected chi connectivity index (χ4v) is 2.92. The number of carbonyl (C=O) groups excluding carboxylic acids is 2. The maximum atomic E-state index is 12.3. The number of amides is 2. The number of benzene rings is 3. The molecule has 0 aliphatic rings. The van der Waals surface area contributed by atoms with Crippen molar-refractivity contribution in [1.82, 2.24) is 20.4 Å². The summed E-state index contributed by atoms with van der Waals surface area (Å²) in [5.74, 6) is -0.837. The van der Waals surface area contributed by atoms with E-state index in [1.807, 2.05) is 41.0 Å². The normalized spacial score (nSPS) is 10.6. The van der Waals surface area contributed by atoms with Gasteiger partial charge in [0, 0.05) is 21.8 Å². The van der Waals surface area contributed by atoms with Gasteiger partial charge in [0.2, 0.25) is 0 Å². The highest BCUT2D eigenvalue weighted by Crippen LogP contribution is 2.18. The molecule has 0 radical (unpaired) electrons. The van der Waals surface area contributed by atoms with Crippen molar-refractivity contribution in [3.05, 3.63) is 95.3 Å². The second kappa shape index (κ2) is 7.54. The van der Waals surface area contributed by atoms with Crippen LogP contribution in [0.25, 0.3) is 16.7 Å². The first kappa shape index (κ1) is 17.8. The molecular weight excluding hydrogens is 376 g/mol. The molecule has 28 heavy (non-hydrogen) atoms. The zero-order valence-electron chi connectivity index (χ0n) is 14.6. The van der Waals surface area contributed by atoms with Crippen LogP contribution in [0.3, 0.4) is 0 Å². The molecule has 0 saturated heterocycles. The van der Waals surface area contributed by atoms with E-state index < -0.39 is 11.8 Å². The zero-order valence-corrected chi connectivity index (χ0v) is 15.4. The number of halogens is 1. The number of fused-ring (bicyclic) bond motifs is 1. The van der Waals surface area contributed by atoms with Crippen LogP contribution in [0.2, 0.25) is 5.02 Å². The van der Waals surface area contributed by atoms with E-state index in [4.69, 9.17) is 11.6 Å². The lowest BCUT2D eigenvalue weighted by molar-refractivity contribution is 0.0846. The van der Waals surface area contributed by atoms with Crippen LogP contribution in [0.4, 0.5) is 0 Å². The van der Waals surface area contributed by atoms with Crippen molar-refractivity contribution in [3.63, 3.8) is 0 Å². The summed E-state index contributed by atoms with van der Waals surface area (Å²) in [7, 11) is 0. The lowest BCUT2D eigenvalue weighted by Gasteiger charge is -2.09. The van der Waals surface area contributed by atoms with Gasteiger partial charge in [-0.15, -0.1) is 0 Å². The predicted molar refractivity (Wildman–Crippen MR) is 107 cm³/mol. The van der Waals surface area contributed by atoms with Crippen LogP contribution in [0.5, 0.6) is 0 Å². The second-order valence-electron chi connectivity index (χ2n) is 6.07. The molecule has 0 atom stereocenters. The smallest absolute Gasteiger partial charge is 0.269 e. The molecule has 6 nitrogen and oxygen atoms in total. The summed E-state index contributed by atoms with van der Waals surface area (Å²) in [4.78, 5) is 28.7. The van der Waals surface area contributed by atoms with Crippen LogP contribution in [-0.2, 0) is 0 Å². The Morgan fingerprint density at radius 3 is 2.00 bits per heavy atom. The van der Waals surface area contributed by atoms with Gasteiger partial charge in [0.1, 0.15) is 6.33 Å². The van der Waals surface area contributed by atoms with Crippen LogP contribution in [-0.4, -0.2) is 21.4 Å². The largest absolute Gasteiger partial charge is 0.299 e. The third-order valence-corrected chi connectivity index (χ3v) is 4.51. The Morgan fingerprint density at radius 2 is 1.36 bits per heavy atom. The lowest BCUT2D eigenvalue weighted by Crippen LogP contribution is -2.41. The Kier molecular flexibility index (Phi) is 4.78. The van der Waals surface area contributed by atoms with Gasteiger partial charge >= 0.3 is 0 Å². The average Bonchev–Trinajstić information content (AvgIpc) is 3.16. The SMILES string of the molecule is O=C(NNC(=O)c1ccc(-n2cnc3ccccc32)cc1)c1ccc(Cl)cc1. The first-order valence-corrected chi connectivity index (χ1v) is 8.88. The molecule has 0 fully saturated rings. The Balaban J connectivity index is 1.44. The van der Waals surface area contributed by atoms with E-state index in [0.29, 0.717) is 16.1 Å². The highest BCUT2D eigenvalue weighted by atomic mass is 35.5. The fourth-order valence-electron chi connectivity index (χ4n) is 2.80. The van der Waals surface area contributed by atoms with Gasteiger partial charge in [-0.25, -0.2) is 4.98 Å². The van der Waals surface area contributed by atoms with Gasteiger partial charge < -0.3 is 0 Å². The number of hydrogen-bond acceptors (Lipinski definition) is 3. The highest BCUT2D eigenvalue weighted by Gasteiger charge is 2.10. The first-order valence-electron chi connectivity index (χ1n) is 8.50. The van der Waals surface area contributed by atoms with Crippen molar-refractivity contribution >= 4 is 34.4 Å². The number of hydrazine groups is 1. The summed E-state index contributed by atoms with van der Waals surface area (Å²) >= 11 is 5.80. The number of nitrogens with one attached hydrogen (secondary N) is 2. The Bertz CT molecular complexity index is 1150. The molecule has 138 valence electrons. The Morgan fingerprint density at radius 1 is 0.786 bits per heavy atom. The summed E-state index contributed by atoms with van der Waals surface area (Å²) in [6.07, 6.45) is 1.74. The van der Waals surface area contributed by atoms with Crippen molar-refractivity contribution < 1.29 is 9.59 Å². The Labute approximate surface area is 165 Å². The molecule has 3 aromatic carbocycles. The van der Waals surface area contributed by atoms with E-state index in [9.17, 15) is 9.59 Å². The Hall–Kier alpha value is -3.64. The van der Waals surface area contributed by atoms with E-state index in [0.717, 1.165) is 16.7 Å². The second-order valence-corrected chi connectivity index (χ2v) is 6.50. The first-order chi connectivity index (χ1) is 13.6. The van der Waals surface area contributed by atoms with Crippen molar-refractivity contribution in [2.24, 2.45) is 0 Å². The van der Waals surface area contributed by atoms with Crippen LogP contribution < -0.4 is 10.9 Å². The molecule has 0 aliphatic heterocycles. The number of aromatic nitrogens is 2. The lowest BCUT2D eigenvalue weighted by atomic mass is 10.2. The van der Waals surface area contributed by atoms with Crippen molar-refractivity contribution in [3.8, 4) is 5.69 Å². The van der Waals surface area contributed by atoms with Crippen molar-refractivity contribution in [2.45, 2.75) is 0 Å². The van der Waals surface area contributed by atoms with E-state index in [1.165, 1.54) is 0 Å². The summed E-state index contributed by atoms with van der Waals surface area (Å²) in [6.45, 7) is 0. The van der Waals surface area contributed by atoms with Gasteiger partial charge in [-0.2, -0.15) is 0 Å². The molecule has 4 rings (SSSR count). The predicted octanol–water partition coefficient (Wildman–Crippen LogP) is 3.75. The number of para-hydroxylation sites is 2. The number of rotatable bonds is 3. The minimum Gasteiger partial charge on any atom is -0.299 e. The van der Waals surface area contributed by atoms with Crippen LogP contribution in [0.1, 0.15) is 20.7 Å². The molecule has 1 heterocycles. The van der Waals surface area contributed by atoms with Crippen LogP contribution >= 0.6 is 11.6 Å². The zero-order chi connectivity index (χ0) is 19.5. The number of imidazole rings is 1. The van der Waals surface area contributed by atoms with Crippen LogP contribution in [0.15, 0.2) is 79.1 Å². The average molecular weight is 391 g/mol. The van der Waals surface area contributed by atoms with Gasteiger partial charge in [-0.1, -0.05) is 23.7 Å². The molecule has 0 spiro atoms. The number of nitrogens with zero attached hydrogens (tertiary/aromatic N) is 2. The van der Waals surface area contributed by atoms with Gasteiger partial charge in [-0.05, 0) is 60.7 Å². The molecular formula is C21H15ClN4O2. The molecule has 0 bridgehead atoms.